The number of nitrogens with zero attached hydrogens (tertiary/aromatic N) is 3. The summed E-state index contributed by atoms with van der Waals surface area (Å²) in [5.74, 6) is 0.718. The molecule has 1 amide bonds. The molecule has 0 bridgehead atoms. The third-order valence-corrected chi connectivity index (χ3v) is 5.88. The van der Waals surface area contributed by atoms with Gasteiger partial charge in [0.2, 0.25) is 0 Å². The summed E-state index contributed by atoms with van der Waals surface area (Å²) in [6, 6.07) is 0.370. The van der Waals surface area contributed by atoms with Crippen LogP contribution >= 0.6 is 0 Å². The maximum Gasteiger partial charge on any atom is 0.274 e. The Balaban J connectivity index is 1.79. The van der Waals surface area contributed by atoms with E-state index in [2.05, 4.69) is 10.00 Å². The van der Waals surface area contributed by atoms with Crippen LogP contribution in [0.15, 0.2) is 0 Å². The van der Waals surface area contributed by atoms with Gasteiger partial charge in [-0.05, 0) is 51.0 Å². The van der Waals surface area contributed by atoms with Gasteiger partial charge in [-0.25, -0.2) is 0 Å². The third-order valence-electron chi connectivity index (χ3n) is 5.88. The van der Waals surface area contributed by atoms with Crippen LogP contribution in [-0.4, -0.2) is 59.0 Å². The minimum atomic E-state index is 0.0136. The van der Waals surface area contributed by atoms with Crippen LogP contribution in [0.25, 0.3) is 0 Å². The lowest BCUT2D eigenvalue weighted by atomic mass is 9.88. The maximum absolute atomic E-state index is 12.7. The van der Waals surface area contributed by atoms with E-state index in [0.29, 0.717) is 17.7 Å². The molecule has 146 valence electrons. The summed E-state index contributed by atoms with van der Waals surface area (Å²) >= 11 is 0. The van der Waals surface area contributed by atoms with E-state index >= 15 is 0 Å². The fourth-order valence-electron chi connectivity index (χ4n) is 4.40. The molecule has 0 aliphatic heterocycles. The van der Waals surface area contributed by atoms with Gasteiger partial charge in [0.1, 0.15) is 0 Å². The summed E-state index contributed by atoms with van der Waals surface area (Å²) in [7, 11) is 3.60. The lowest BCUT2D eigenvalue weighted by Gasteiger charge is -2.26. The number of aliphatic hydroxyl groups excluding tert-OH is 1. The number of aromatic nitrogens is 2. The van der Waals surface area contributed by atoms with E-state index < -0.39 is 0 Å². The Morgan fingerprint density at radius 1 is 1.27 bits per heavy atom. The van der Waals surface area contributed by atoms with E-state index in [1.54, 1.807) is 19.0 Å². The van der Waals surface area contributed by atoms with Gasteiger partial charge in [0.05, 0.1) is 0 Å². The molecule has 1 atom stereocenters. The van der Waals surface area contributed by atoms with Crippen LogP contribution in [0.5, 0.6) is 0 Å². The van der Waals surface area contributed by atoms with Crippen LogP contribution in [0.3, 0.4) is 0 Å². The lowest BCUT2D eigenvalue weighted by Crippen LogP contribution is -2.36. The Kier molecular flexibility index (Phi) is 6.70. The van der Waals surface area contributed by atoms with Crippen molar-refractivity contribution in [2.45, 2.75) is 70.4 Å². The number of nitrogens with one attached hydrogen (secondary N) is 1. The number of aliphatic hydroxyl groups is 1. The Bertz CT molecular complexity index is 605. The lowest BCUT2D eigenvalue weighted by molar-refractivity contribution is 0.0819. The Labute approximate surface area is 156 Å². The highest BCUT2D eigenvalue weighted by atomic mass is 16.3. The molecule has 1 fully saturated rings. The van der Waals surface area contributed by atoms with Crippen LogP contribution in [0.1, 0.15) is 66.7 Å². The van der Waals surface area contributed by atoms with Crippen LogP contribution < -0.4 is 5.32 Å². The first-order valence-electron chi connectivity index (χ1n) is 10.2. The Hall–Kier alpha value is -1.40. The Morgan fingerprint density at radius 3 is 2.73 bits per heavy atom. The molecule has 6 heteroatoms. The number of rotatable bonds is 7. The third kappa shape index (κ3) is 4.46. The average Bonchev–Trinajstić information content (AvgIpc) is 3.00. The molecule has 2 N–H and O–H groups in total. The topological polar surface area (TPSA) is 70.4 Å². The normalized spacial score (nSPS) is 20.8. The fraction of sp³-hybridized carbons (Fsp3) is 0.800. The molecule has 3 rings (SSSR count). The van der Waals surface area contributed by atoms with Crippen molar-refractivity contribution in [3.63, 3.8) is 0 Å². The molecule has 0 saturated heterocycles. The van der Waals surface area contributed by atoms with Crippen molar-refractivity contribution in [2.75, 3.05) is 27.2 Å². The first-order valence-corrected chi connectivity index (χ1v) is 10.2. The van der Waals surface area contributed by atoms with Crippen molar-refractivity contribution >= 4 is 5.91 Å². The van der Waals surface area contributed by atoms with Crippen molar-refractivity contribution in [3.05, 3.63) is 17.0 Å². The second-order valence-electron chi connectivity index (χ2n) is 8.13. The predicted molar refractivity (Wildman–Crippen MR) is 102 cm³/mol. The van der Waals surface area contributed by atoms with Gasteiger partial charge < -0.3 is 15.3 Å². The first-order chi connectivity index (χ1) is 12.6. The number of hydrogen-bond donors (Lipinski definition) is 2. The van der Waals surface area contributed by atoms with Crippen LogP contribution in [-0.2, 0) is 19.4 Å². The van der Waals surface area contributed by atoms with Crippen molar-refractivity contribution in [1.82, 2.24) is 20.0 Å². The molecule has 1 heterocycles. The monoisotopic (exact) mass is 362 g/mol. The van der Waals surface area contributed by atoms with Gasteiger partial charge in [0.15, 0.2) is 5.69 Å². The molecule has 6 nitrogen and oxygen atoms in total. The van der Waals surface area contributed by atoms with E-state index in [1.807, 2.05) is 0 Å². The number of fused-ring (bicyclic) bond motifs is 1. The van der Waals surface area contributed by atoms with Crippen LogP contribution in [0.4, 0.5) is 0 Å². The van der Waals surface area contributed by atoms with Gasteiger partial charge >= 0.3 is 0 Å². The smallest absolute Gasteiger partial charge is 0.274 e. The summed E-state index contributed by atoms with van der Waals surface area (Å²) in [6.07, 6.45) is 10.3. The van der Waals surface area contributed by atoms with E-state index in [4.69, 9.17) is 10.2 Å². The van der Waals surface area contributed by atoms with Crippen LogP contribution in [0.2, 0.25) is 0 Å². The molecular formula is C20H34N4O2. The van der Waals surface area contributed by atoms with Gasteiger partial charge in [0.25, 0.3) is 5.91 Å². The van der Waals surface area contributed by atoms with Crippen molar-refractivity contribution in [1.29, 1.82) is 0 Å². The highest BCUT2D eigenvalue weighted by molar-refractivity contribution is 5.93. The van der Waals surface area contributed by atoms with E-state index in [0.717, 1.165) is 44.3 Å². The Morgan fingerprint density at radius 2 is 2.04 bits per heavy atom. The molecule has 0 radical (unpaired) electrons. The van der Waals surface area contributed by atoms with Crippen molar-refractivity contribution in [3.8, 4) is 0 Å². The predicted octanol–water partition coefficient (Wildman–Crippen LogP) is 1.99. The SMILES string of the molecule is CN(C)C(=O)c1nn(CC2CCCCC2)c2c1CC(NCCCO)CC2. The second kappa shape index (κ2) is 9.00. The largest absolute Gasteiger partial charge is 0.396 e. The van der Waals surface area contributed by atoms with E-state index in [1.165, 1.54) is 37.8 Å². The minimum Gasteiger partial charge on any atom is -0.396 e. The standard InChI is InChI=1S/C20H34N4O2/c1-23(2)20(26)19-17-13-16(21-11-6-12-25)9-10-18(17)24(22-19)14-15-7-4-3-5-8-15/h15-16,21,25H,3-14H2,1-2H3. The van der Waals surface area contributed by atoms with Gasteiger partial charge in [-0.1, -0.05) is 19.3 Å². The quantitative estimate of drug-likeness (QED) is 0.728. The highest BCUT2D eigenvalue weighted by Gasteiger charge is 2.30. The summed E-state index contributed by atoms with van der Waals surface area (Å²) in [5.41, 5.74) is 3.07. The molecule has 1 aromatic rings. The van der Waals surface area contributed by atoms with Gasteiger partial charge in [0, 0.05) is 44.5 Å². The van der Waals surface area contributed by atoms with Crippen molar-refractivity contribution < 1.29 is 9.90 Å². The average molecular weight is 363 g/mol. The summed E-state index contributed by atoms with van der Waals surface area (Å²) in [6.45, 7) is 2.00. The molecular weight excluding hydrogens is 328 g/mol. The number of amides is 1. The summed E-state index contributed by atoms with van der Waals surface area (Å²) in [4.78, 5) is 14.3. The summed E-state index contributed by atoms with van der Waals surface area (Å²) in [5, 5.41) is 17.3. The summed E-state index contributed by atoms with van der Waals surface area (Å²) < 4.78 is 2.16. The molecule has 1 aromatic heterocycles. The van der Waals surface area contributed by atoms with Gasteiger partial charge in [-0.15, -0.1) is 0 Å². The molecule has 1 unspecified atom stereocenters. The second-order valence-corrected chi connectivity index (χ2v) is 8.13. The van der Waals surface area contributed by atoms with Crippen LogP contribution in [0, 0.1) is 5.92 Å². The molecule has 0 spiro atoms. The molecule has 1 saturated carbocycles. The minimum absolute atomic E-state index is 0.0136. The molecule has 2 aliphatic carbocycles. The zero-order valence-electron chi connectivity index (χ0n) is 16.3. The zero-order chi connectivity index (χ0) is 18.5. The van der Waals surface area contributed by atoms with Gasteiger partial charge in [-0.3, -0.25) is 9.48 Å². The van der Waals surface area contributed by atoms with E-state index in [9.17, 15) is 4.79 Å². The zero-order valence-corrected chi connectivity index (χ0v) is 16.3. The first kappa shape index (κ1) is 19.4. The number of carbonyl (C=O) groups excluding carboxylic acids is 1. The molecule has 2 aliphatic rings. The maximum atomic E-state index is 12.7. The van der Waals surface area contributed by atoms with E-state index in [-0.39, 0.29) is 12.5 Å². The molecule has 0 aromatic carbocycles. The fourth-order valence-corrected chi connectivity index (χ4v) is 4.40. The highest BCUT2D eigenvalue weighted by Crippen LogP contribution is 2.29. The van der Waals surface area contributed by atoms with Crippen molar-refractivity contribution in [2.24, 2.45) is 5.92 Å². The number of hydrogen-bond acceptors (Lipinski definition) is 4. The molecule has 26 heavy (non-hydrogen) atoms. The van der Waals surface area contributed by atoms with Gasteiger partial charge in [-0.2, -0.15) is 5.10 Å². The number of carbonyl (C=O) groups is 1.